The first-order chi connectivity index (χ1) is 11.3. The van der Waals surface area contributed by atoms with E-state index in [1.165, 1.54) is 11.1 Å². The van der Waals surface area contributed by atoms with Crippen molar-refractivity contribution in [1.29, 1.82) is 0 Å². The average Bonchev–Trinajstić information content (AvgIpc) is 2.62. The van der Waals surface area contributed by atoms with Crippen molar-refractivity contribution in [2.24, 2.45) is 0 Å². The van der Waals surface area contributed by atoms with Crippen molar-refractivity contribution in [3.63, 3.8) is 0 Å². The van der Waals surface area contributed by atoms with Crippen LogP contribution in [0.4, 0.5) is 5.69 Å². The molecule has 0 saturated heterocycles. The summed E-state index contributed by atoms with van der Waals surface area (Å²) in [5.74, 6) is 0. The molecule has 4 rings (SSSR count). The van der Waals surface area contributed by atoms with E-state index in [1.807, 2.05) is 6.20 Å². The van der Waals surface area contributed by atoms with E-state index in [0.717, 1.165) is 44.5 Å². The van der Waals surface area contributed by atoms with Gasteiger partial charge < -0.3 is 4.90 Å². The first-order valence-electron chi connectivity index (χ1n) is 8.38. The third-order valence-electron chi connectivity index (χ3n) is 4.85. The molecule has 1 atom stereocenters. The molecule has 0 radical (unpaired) electrons. The highest BCUT2D eigenvalue weighted by Gasteiger charge is 2.18. The second-order valence-electron chi connectivity index (χ2n) is 6.36. The van der Waals surface area contributed by atoms with Gasteiger partial charge in [0.25, 0.3) is 5.56 Å². The lowest BCUT2D eigenvalue weighted by atomic mass is 10.00. The number of allylic oxidation sites excluding steroid dienone is 2. The number of hydrogen-bond acceptors (Lipinski definition) is 3. The van der Waals surface area contributed by atoms with E-state index in [9.17, 15) is 4.79 Å². The van der Waals surface area contributed by atoms with Crippen LogP contribution >= 0.6 is 0 Å². The summed E-state index contributed by atoms with van der Waals surface area (Å²) >= 11 is 0. The summed E-state index contributed by atoms with van der Waals surface area (Å²) in [6.45, 7) is 1.79. The molecule has 1 aliphatic carbocycles. The summed E-state index contributed by atoms with van der Waals surface area (Å²) in [6, 6.07) is 10.4. The van der Waals surface area contributed by atoms with Crippen LogP contribution in [-0.2, 0) is 13.0 Å². The van der Waals surface area contributed by atoms with E-state index in [-0.39, 0.29) is 11.6 Å². The maximum Gasteiger partial charge on any atom is 0.269 e. The molecule has 1 aliphatic heterocycles. The molecule has 118 valence electrons. The molecule has 0 spiro atoms. The fourth-order valence-electron chi connectivity index (χ4n) is 3.54. The molecular formula is C19H21N3O. The maximum absolute atomic E-state index is 12.5. The molecule has 0 saturated carbocycles. The number of anilines is 1. The van der Waals surface area contributed by atoms with Gasteiger partial charge in [-0.3, -0.25) is 4.79 Å². The van der Waals surface area contributed by atoms with Crippen molar-refractivity contribution in [2.45, 2.75) is 38.3 Å². The van der Waals surface area contributed by atoms with Gasteiger partial charge in [-0.15, -0.1) is 0 Å². The quantitative estimate of drug-likeness (QED) is 0.800. The highest BCUT2D eigenvalue weighted by atomic mass is 16.1. The Morgan fingerprint density at radius 2 is 2.04 bits per heavy atom. The average molecular weight is 307 g/mol. The van der Waals surface area contributed by atoms with Crippen LogP contribution in [0.5, 0.6) is 0 Å². The molecule has 0 unspecified atom stereocenters. The molecule has 1 aromatic carbocycles. The maximum atomic E-state index is 12.5. The SMILES string of the molecule is O=c1cc(N2CCc3ccccc3C2)cnn1[C@@H]1C=CCCC1. The van der Waals surface area contributed by atoms with Crippen molar-refractivity contribution in [3.8, 4) is 0 Å². The van der Waals surface area contributed by atoms with Crippen molar-refractivity contribution in [2.75, 3.05) is 11.4 Å². The van der Waals surface area contributed by atoms with Gasteiger partial charge in [0.1, 0.15) is 0 Å². The van der Waals surface area contributed by atoms with Crippen LogP contribution in [0.1, 0.15) is 36.4 Å². The molecule has 0 fully saturated rings. The van der Waals surface area contributed by atoms with Crippen LogP contribution < -0.4 is 10.5 Å². The molecule has 1 aromatic heterocycles. The second-order valence-corrected chi connectivity index (χ2v) is 6.36. The van der Waals surface area contributed by atoms with Crippen LogP contribution in [0.15, 0.2) is 53.5 Å². The Bertz CT molecular complexity index is 793. The van der Waals surface area contributed by atoms with Gasteiger partial charge in [0.05, 0.1) is 17.9 Å². The fourth-order valence-corrected chi connectivity index (χ4v) is 3.54. The van der Waals surface area contributed by atoms with E-state index in [2.05, 4.69) is 46.4 Å². The molecule has 4 heteroatoms. The Morgan fingerprint density at radius 3 is 2.83 bits per heavy atom. The zero-order valence-corrected chi connectivity index (χ0v) is 13.2. The zero-order valence-electron chi connectivity index (χ0n) is 13.2. The molecule has 2 aliphatic rings. The van der Waals surface area contributed by atoms with Crippen molar-refractivity contribution >= 4 is 5.69 Å². The van der Waals surface area contributed by atoms with Gasteiger partial charge >= 0.3 is 0 Å². The van der Waals surface area contributed by atoms with E-state index in [0.29, 0.717) is 0 Å². The first-order valence-corrected chi connectivity index (χ1v) is 8.38. The van der Waals surface area contributed by atoms with Crippen LogP contribution in [0, 0.1) is 0 Å². The van der Waals surface area contributed by atoms with Gasteiger partial charge in [-0.05, 0) is 36.8 Å². The minimum absolute atomic E-state index is 0.00194. The summed E-state index contributed by atoms with van der Waals surface area (Å²) in [5, 5.41) is 4.44. The number of rotatable bonds is 2. The third-order valence-corrected chi connectivity index (χ3v) is 4.85. The lowest BCUT2D eigenvalue weighted by Gasteiger charge is -2.30. The standard InChI is InChI=1S/C19H21N3O/c23-19-12-18(13-20-22(19)17-8-2-1-3-9-17)21-11-10-15-6-4-5-7-16(15)14-21/h2,4-8,12-13,17H,1,3,9-11,14H2/t17-/m1/s1. The van der Waals surface area contributed by atoms with Gasteiger partial charge in [0.2, 0.25) is 0 Å². The van der Waals surface area contributed by atoms with Crippen LogP contribution in [-0.4, -0.2) is 16.3 Å². The number of hydrogen-bond donors (Lipinski definition) is 0. The monoisotopic (exact) mass is 307 g/mol. The van der Waals surface area contributed by atoms with Gasteiger partial charge in [0, 0.05) is 19.2 Å². The summed E-state index contributed by atoms with van der Waals surface area (Å²) < 4.78 is 1.62. The van der Waals surface area contributed by atoms with Gasteiger partial charge in [-0.1, -0.05) is 36.4 Å². The summed E-state index contributed by atoms with van der Waals surface area (Å²) in [7, 11) is 0. The highest BCUT2D eigenvalue weighted by Crippen LogP contribution is 2.24. The normalized spacial score (nSPS) is 20.3. The van der Waals surface area contributed by atoms with Crippen molar-refractivity contribution in [1.82, 2.24) is 9.78 Å². The fraction of sp³-hybridized carbons (Fsp3) is 0.368. The predicted octanol–water partition coefficient (Wildman–Crippen LogP) is 3.09. The molecule has 2 aromatic rings. The molecule has 23 heavy (non-hydrogen) atoms. The Morgan fingerprint density at radius 1 is 1.17 bits per heavy atom. The first kappa shape index (κ1) is 14.2. The highest BCUT2D eigenvalue weighted by molar-refractivity contribution is 5.47. The number of benzene rings is 1. The third kappa shape index (κ3) is 2.81. The van der Waals surface area contributed by atoms with Gasteiger partial charge in [-0.2, -0.15) is 5.10 Å². The molecular weight excluding hydrogens is 286 g/mol. The Kier molecular flexibility index (Phi) is 3.74. The Labute approximate surface area is 136 Å². The largest absolute Gasteiger partial charge is 0.365 e. The van der Waals surface area contributed by atoms with E-state index < -0.39 is 0 Å². The number of aromatic nitrogens is 2. The topological polar surface area (TPSA) is 38.1 Å². The summed E-state index contributed by atoms with van der Waals surface area (Å²) in [4.78, 5) is 14.7. The molecule has 4 nitrogen and oxygen atoms in total. The number of nitrogens with zero attached hydrogens (tertiary/aromatic N) is 3. The molecule has 2 heterocycles. The summed E-state index contributed by atoms with van der Waals surface area (Å²) in [5.41, 5.74) is 3.69. The molecule has 0 N–H and O–H groups in total. The predicted molar refractivity (Wildman–Crippen MR) is 91.7 cm³/mol. The van der Waals surface area contributed by atoms with E-state index >= 15 is 0 Å². The molecule has 0 bridgehead atoms. The van der Waals surface area contributed by atoms with Crippen LogP contribution in [0.25, 0.3) is 0 Å². The summed E-state index contributed by atoms with van der Waals surface area (Å²) in [6.07, 6.45) is 10.4. The minimum Gasteiger partial charge on any atom is -0.365 e. The van der Waals surface area contributed by atoms with Crippen LogP contribution in [0.3, 0.4) is 0 Å². The lowest BCUT2D eigenvalue weighted by molar-refractivity contribution is 0.453. The Hall–Kier alpha value is -2.36. The zero-order chi connectivity index (χ0) is 15.6. The Balaban J connectivity index is 1.59. The lowest BCUT2D eigenvalue weighted by Crippen LogP contribution is -2.33. The van der Waals surface area contributed by atoms with Crippen molar-refractivity contribution in [3.05, 3.63) is 70.2 Å². The van der Waals surface area contributed by atoms with E-state index in [4.69, 9.17) is 0 Å². The van der Waals surface area contributed by atoms with Crippen molar-refractivity contribution < 1.29 is 0 Å². The smallest absolute Gasteiger partial charge is 0.269 e. The van der Waals surface area contributed by atoms with Gasteiger partial charge in [-0.25, -0.2) is 4.68 Å². The molecule has 0 amide bonds. The van der Waals surface area contributed by atoms with E-state index in [1.54, 1.807) is 10.7 Å². The van der Waals surface area contributed by atoms with Gasteiger partial charge in [0.15, 0.2) is 0 Å². The van der Waals surface area contributed by atoms with Crippen LogP contribution in [0.2, 0.25) is 0 Å². The minimum atomic E-state index is -0.00194. The number of fused-ring (bicyclic) bond motifs is 1. The second kappa shape index (κ2) is 6.03.